The number of hydrogen-bond acceptors (Lipinski definition) is 5. The minimum Gasteiger partial charge on any atom is -0.493 e. The molecule has 148 valence electrons. The number of nitrogens with one attached hydrogen (secondary N) is 1. The first-order valence-corrected chi connectivity index (χ1v) is 10.2. The highest BCUT2D eigenvalue weighted by Crippen LogP contribution is 2.37. The van der Waals surface area contributed by atoms with Gasteiger partial charge in [0.05, 0.1) is 7.11 Å². The second-order valence-electron chi connectivity index (χ2n) is 8.25. The van der Waals surface area contributed by atoms with Crippen LogP contribution in [0.4, 0.5) is 0 Å². The van der Waals surface area contributed by atoms with Crippen LogP contribution in [0.1, 0.15) is 31.2 Å². The number of hydrogen-bond donors (Lipinski definition) is 1. The molecule has 6 heteroatoms. The van der Waals surface area contributed by atoms with E-state index in [-0.39, 0.29) is 12.5 Å². The summed E-state index contributed by atoms with van der Waals surface area (Å²) in [7, 11) is 1.66. The SMILES string of the molecule is COc1cc(CN2CCC3(CCNC3)C2)ccc1OCC(=O)N1CCCC1. The second kappa shape index (κ2) is 8.07. The van der Waals surface area contributed by atoms with Gasteiger partial charge in [0.25, 0.3) is 5.91 Å². The molecule has 1 spiro atoms. The van der Waals surface area contributed by atoms with Crippen LogP contribution in [0.15, 0.2) is 18.2 Å². The van der Waals surface area contributed by atoms with Crippen molar-refractivity contribution in [1.82, 2.24) is 15.1 Å². The van der Waals surface area contributed by atoms with Crippen molar-refractivity contribution < 1.29 is 14.3 Å². The van der Waals surface area contributed by atoms with Crippen LogP contribution in [-0.4, -0.2) is 68.7 Å². The Bertz CT molecular complexity index is 667. The van der Waals surface area contributed by atoms with Gasteiger partial charge in [-0.15, -0.1) is 0 Å². The first kappa shape index (κ1) is 18.6. The van der Waals surface area contributed by atoms with Crippen molar-refractivity contribution in [2.75, 3.05) is 53.0 Å². The van der Waals surface area contributed by atoms with Crippen molar-refractivity contribution in [2.24, 2.45) is 5.41 Å². The molecule has 1 N–H and O–H groups in total. The Labute approximate surface area is 161 Å². The minimum atomic E-state index is 0.0613. The molecule has 27 heavy (non-hydrogen) atoms. The third kappa shape index (κ3) is 4.22. The second-order valence-corrected chi connectivity index (χ2v) is 8.25. The molecule has 3 saturated heterocycles. The van der Waals surface area contributed by atoms with Gasteiger partial charge in [-0.3, -0.25) is 9.69 Å². The third-order valence-corrected chi connectivity index (χ3v) is 6.29. The van der Waals surface area contributed by atoms with Crippen molar-refractivity contribution in [1.29, 1.82) is 0 Å². The summed E-state index contributed by atoms with van der Waals surface area (Å²) in [5.74, 6) is 1.41. The highest BCUT2D eigenvalue weighted by molar-refractivity contribution is 5.78. The highest BCUT2D eigenvalue weighted by atomic mass is 16.5. The largest absolute Gasteiger partial charge is 0.493 e. The van der Waals surface area contributed by atoms with Crippen LogP contribution in [0.2, 0.25) is 0 Å². The first-order chi connectivity index (χ1) is 13.2. The van der Waals surface area contributed by atoms with E-state index in [2.05, 4.69) is 16.3 Å². The Kier molecular flexibility index (Phi) is 5.55. The maximum atomic E-state index is 12.2. The fourth-order valence-electron chi connectivity index (χ4n) is 4.69. The summed E-state index contributed by atoms with van der Waals surface area (Å²) in [5.41, 5.74) is 1.72. The minimum absolute atomic E-state index is 0.0613. The predicted octanol–water partition coefficient (Wildman–Crippen LogP) is 1.88. The lowest BCUT2D eigenvalue weighted by molar-refractivity contribution is -0.132. The third-order valence-electron chi connectivity index (χ3n) is 6.29. The lowest BCUT2D eigenvalue weighted by Gasteiger charge is -2.23. The van der Waals surface area contributed by atoms with Gasteiger partial charge >= 0.3 is 0 Å². The Balaban J connectivity index is 1.34. The number of rotatable bonds is 6. The summed E-state index contributed by atoms with van der Waals surface area (Å²) < 4.78 is 11.3. The normalized spacial score (nSPS) is 25.4. The van der Waals surface area contributed by atoms with Gasteiger partial charge in [0.15, 0.2) is 18.1 Å². The molecule has 1 unspecified atom stereocenters. The fourth-order valence-corrected chi connectivity index (χ4v) is 4.69. The topological polar surface area (TPSA) is 54.0 Å². The lowest BCUT2D eigenvalue weighted by Crippen LogP contribution is -2.32. The van der Waals surface area contributed by atoms with Crippen LogP contribution < -0.4 is 14.8 Å². The van der Waals surface area contributed by atoms with E-state index in [1.54, 1.807) is 7.11 Å². The van der Waals surface area contributed by atoms with E-state index in [9.17, 15) is 4.79 Å². The molecular weight excluding hydrogens is 342 g/mol. The lowest BCUT2D eigenvalue weighted by atomic mass is 9.86. The molecule has 3 fully saturated rings. The van der Waals surface area contributed by atoms with E-state index in [1.807, 2.05) is 17.0 Å². The van der Waals surface area contributed by atoms with E-state index < -0.39 is 0 Å². The van der Waals surface area contributed by atoms with Gasteiger partial charge in [-0.05, 0) is 61.9 Å². The summed E-state index contributed by atoms with van der Waals surface area (Å²) in [6.45, 7) is 7.37. The molecule has 6 nitrogen and oxygen atoms in total. The zero-order chi connectivity index (χ0) is 18.7. The fraction of sp³-hybridized carbons (Fsp3) is 0.667. The van der Waals surface area contributed by atoms with Crippen molar-refractivity contribution in [3.05, 3.63) is 23.8 Å². The molecule has 3 aliphatic heterocycles. The number of carbonyl (C=O) groups excluding carboxylic acids is 1. The molecule has 3 heterocycles. The zero-order valence-electron chi connectivity index (χ0n) is 16.3. The molecular formula is C21H31N3O3. The van der Waals surface area contributed by atoms with Crippen LogP contribution in [0, 0.1) is 5.41 Å². The average molecular weight is 373 g/mol. The first-order valence-electron chi connectivity index (χ1n) is 10.2. The Morgan fingerprint density at radius 1 is 1.19 bits per heavy atom. The van der Waals surface area contributed by atoms with E-state index >= 15 is 0 Å². The Morgan fingerprint density at radius 3 is 2.78 bits per heavy atom. The summed E-state index contributed by atoms with van der Waals surface area (Å²) >= 11 is 0. The Hall–Kier alpha value is -1.79. The van der Waals surface area contributed by atoms with Crippen LogP contribution in [0.25, 0.3) is 0 Å². The van der Waals surface area contributed by atoms with Crippen molar-refractivity contribution in [2.45, 2.75) is 32.2 Å². The molecule has 3 aliphatic rings. The number of benzene rings is 1. The van der Waals surface area contributed by atoms with Gasteiger partial charge in [-0.2, -0.15) is 0 Å². The highest BCUT2D eigenvalue weighted by Gasteiger charge is 2.40. The molecule has 0 aromatic heterocycles. The maximum absolute atomic E-state index is 12.2. The monoisotopic (exact) mass is 373 g/mol. The zero-order valence-corrected chi connectivity index (χ0v) is 16.3. The standard InChI is InChI=1S/C21H31N3O3/c1-26-19-12-17(13-23-11-7-21(16-23)6-8-22-15-21)4-5-18(19)27-14-20(25)24-9-2-3-10-24/h4-5,12,22H,2-3,6-11,13-16H2,1H3. The molecule has 0 aliphatic carbocycles. The number of likely N-dealkylation sites (tertiary alicyclic amines) is 2. The van der Waals surface area contributed by atoms with Gasteiger partial charge in [0.2, 0.25) is 0 Å². The van der Waals surface area contributed by atoms with E-state index in [0.29, 0.717) is 16.9 Å². The van der Waals surface area contributed by atoms with Crippen LogP contribution in [-0.2, 0) is 11.3 Å². The number of carbonyl (C=O) groups is 1. The molecule has 1 amide bonds. The van der Waals surface area contributed by atoms with Gasteiger partial charge in [0.1, 0.15) is 0 Å². The molecule has 1 aromatic rings. The van der Waals surface area contributed by atoms with Crippen molar-refractivity contribution in [3.8, 4) is 11.5 Å². The number of ether oxygens (including phenoxy) is 2. The molecule has 1 aromatic carbocycles. The number of nitrogens with zero attached hydrogens (tertiary/aromatic N) is 2. The van der Waals surface area contributed by atoms with Gasteiger partial charge < -0.3 is 19.7 Å². The molecule has 0 radical (unpaired) electrons. The molecule has 0 saturated carbocycles. The molecule has 4 rings (SSSR count). The maximum Gasteiger partial charge on any atom is 0.260 e. The van der Waals surface area contributed by atoms with Gasteiger partial charge in [0, 0.05) is 32.7 Å². The van der Waals surface area contributed by atoms with Crippen LogP contribution in [0.3, 0.4) is 0 Å². The van der Waals surface area contributed by atoms with Crippen LogP contribution in [0.5, 0.6) is 11.5 Å². The Morgan fingerprint density at radius 2 is 2.04 bits per heavy atom. The van der Waals surface area contributed by atoms with Crippen LogP contribution >= 0.6 is 0 Å². The summed E-state index contributed by atoms with van der Waals surface area (Å²) in [4.78, 5) is 16.6. The molecule has 1 atom stereocenters. The van der Waals surface area contributed by atoms with E-state index in [0.717, 1.165) is 52.1 Å². The number of amides is 1. The van der Waals surface area contributed by atoms with Gasteiger partial charge in [-0.1, -0.05) is 6.07 Å². The summed E-state index contributed by atoms with van der Waals surface area (Å²) in [6, 6.07) is 6.08. The smallest absolute Gasteiger partial charge is 0.260 e. The summed E-state index contributed by atoms with van der Waals surface area (Å²) in [5, 5.41) is 3.51. The van der Waals surface area contributed by atoms with E-state index in [1.165, 1.54) is 24.9 Å². The quantitative estimate of drug-likeness (QED) is 0.825. The number of methoxy groups -OCH3 is 1. The van der Waals surface area contributed by atoms with E-state index in [4.69, 9.17) is 9.47 Å². The van der Waals surface area contributed by atoms with Gasteiger partial charge in [-0.25, -0.2) is 0 Å². The average Bonchev–Trinajstić information content (AvgIpc) is 3.44. The summed E-state index contributed by atoms with van der Waals surface area (Å²) in [6.07, 6.45) is 4.77. The van der Waals surface area contributed by atoms with Crippen molar-refractivity contribution >= 4 is 5.91 Å². The molecule has 0 bridgehead atoms. The van der Waals surface area contributed by atoms with Crippen molar-refractivity contribution in [3.63, 3.8) is 0 Å². The predicted molar refractivity (Wildman–Crippen MR) is 104 cm³/mol.